The zero-order valence-corrected chi connectivity index (χ0v) is 18.0. The van der Waals surface area contributed by atoms with E-state index in [9.17, 15) is 18.0 Å². The summed E-state index contributed by atoms with van der Waals surface area (Å²) in [5, 5.41) is 14.4. The van der Waals surface area contributed by atoms with E-state index in [1.165, 1.54) is 0 Å². The van der Waals surface area contributed by atoms with Gasteiger partial charge in [-0.05, 0) is 31.5 Å². The number of rotatable bonds is 3. The topological polar surface area (TPSA) is 116 Å². The fourth-order valence-electron chi connectivity index (χ4n) is 3.94. The monoisotopic (exact) mass is 476 g/mol. The SMILES string of the molecule is O=C(O)C(F)(F)F.O=C1NCCc2[nH]c(-c3cccc4ccc(O[C@H]5CCCNC5)nc34)cc21. The number of halogens is 3. The maximum absolute atomic E-state index is 12.1. The molecule has 0 radical (unpaired) electrons. The molecule has 0 bridgehead atoms. The third kappa shape index (κ3) is 5.30. The van der Waals surface area contributed by atoms with Crippen molar-refractivity contribution in [3.05, 3.63) is 47.7 Å². The lowest BCUT2D eigenvalue weighted by Gasteiger charge is -2.23. The average molecular weight is 476 g/mol. The first-order chi connectivity index (χ1) is 16.2. The van der Waals surface area contributed by atoms with Gasteiger partial charge in [0.2, 0.25) is 5.88 Å². The van der Waals surface area contributed by atoms with E-state index in [0.717, 1.165) is 65.8 Å². The molecule has 5 rings (SSSR count). The number of carboxylic acid groups (broad SMARTS) is 1. The van der Waals surface area contributed by atoms with Crippen LogP contribution in [-0.4, -0.2) is 58.9 Å². The molecule has 0 unspecified atom stereocenters. The van der Waals surface area contributed by atoms with Gasteiger partial charge in [0.1, 0.15) is 6.10 Å². The summed E-state index contributed by atoms with van der Waals surface area (Å²) in [7, 11) is 0. The summed E-state index contributed by atoms with van der Waals surface area (Å²) in [4.78, 5) is 29.2. The van der Waals surface area contributed by atoms with Crippen LogP contribution in [0.25, 0.3) is 22.2 Å². The zero-order valence-electron chi connectivity index (χ0n) is 18.0. The summed E-state index contributed by atoms with van der Waals surface area (Å²) >= 11 is 0. The molecule has 1 saturated heterocycles. The van der Waals surface area contributed by atoms with Crippen LogP contribution in [0.1, 0.15) is 28.9 Å². The van der Waals surface area contributed by atoms with Crippen molar-refractivity contribution in [2.24, 2.45) is 0 Å². The highest BCUT2D eigenvalue weighted by Crippen LogP contribution is 2.31. The Balaban J connectivity index is 0.000000344. The minimum absolute atomic E-state index is 0.0132. The number of benzene rings is 1. The smallest absolute Gasteiger partial charge is 0.475 e. The van der Waals surface area contributed by atoms with Gasteiger partial charge >= 0.3 is 12.1 Å². The van der Waals surface area contributed by atoms with Gasteiger partial charge in [-0.25, -0.2) is 9.78 Å². The van der Waals surface area contributed by atoms with Gasteiger partial charge in [0.05, 0.1) is 11.1 Å². The molecule has 2 aromatic heterocycles. The molecule has 3 aromatic rings. The molecule has 0 aliphatic carbocycles. The molecule has 2 aliphatic heterocycles. The lowest BCUT2D eigenvalue weighted by atomic mass is 10.1. The normalized spacial score (nSPS) is 17.9. The van der Waals surface area contributed by atoms with Crippen molar-refractivity contribution >= 4 is 22.8 Å². The van der Waals surface area contributed by atoms with E-state index >= 15 is 0 Å². The number of para-hydroxylation sites is 1. The Labute approximate surface area is 192 Å². The van der Waals surface area contributed by atoms with Gasteiger partial charge in [-0.3, -0.25) is 4.79 Å². The minimum Gasteiger partial charge on any atom is -0.475 e. The molecule has 11 heteroatoms. The number of H-pyrrole nitrogens is 1. The molecule has 1 atom stereocenters. The average Bonchev–Trinajstić information content (AvgIpc) is 3.25. The summed E-state index contributed by atoms with van der Waals surface area (Å²) in [5.74, 6) is -2.12. The molecule has 1 amide bonds. The van der Waals surface area contributed by atoms with Gasteiger partial charge in [-0.1, -0.05) is 18.2 Å². The molecule has 1 aromatic carbocycles. The quantitative estimate of drug-likeness (QED) is 0.461. The number of carbonyl (C=O) groups is 2. The van der Waals surface area contributed by atoms with Gasteiger partial charge in [0.15, 0.2) is 0 Å². The Kier molecular flexibility index (Phi) is 6.73. The van der Waals surface area contributed by atoms with E-state index < -0.39 is 12.1 Å². The predicted molar refractivity (Wildman–Crippen MR) is 118 cm³/mol. The number of nitrogens with one attached hydrogen (secondary N) is 3. The highest BCUT2D eigenvalue weighted by Gasteiger charge is 2.38. The number of carboxylic acids is 1. The Hall–Kier alpha value is -3.60. The van der Waals surface area contributed by atoms with Crippen LogP contribution in [0, 0.1) is 0 Å². The molecule has 34 heavy (non-hydrogen) atoms. The molecule has 4 N–H and O–H groups in total. The number of aromatic nitrogens is 2. The molecular weight excluding hydrogens is 453 g/mol. The second kappa shape index (κ2) is 9.72. The number of piperidine rings is 1. The molecular formula is C23H23F3N4O4. The number of alkyl halides is 3. The summed E-state index contributed by atoms with van der Waals surface area (Å²) in [6, 6.07) is 12.0. The van der Waals surface area contributed by atoms with E-state index in [2.05, 4.69) is 15.6 Å². The van der Waals surface area contributed by atoms with Crippen molar-refractivity contribution in [3.8, 4) is 17.1 Å². The first-order valence-corrected chi connectivity index (χ1v) is 10.8. The fourth-order valence-corrected chi connectivity index (χ4v) is 3.94. The van der Waals surface area contributed by atoms with Crippen molar-refractivity contribution in [2.45, 2.75) is 31.5 Å². The number of amides is 1. The largest absolute Gasteiger partial charge is 0.490 e. The van der Waals surface area contributed by atoms with Crippen LogP contribution in [0.5, 0.6) is 5.88 Å². The van der Waals surface area contributed by atoms with E-state index in [1.54, 1.807) is 0 Å². The first-order valence-electron chi connectivity index (χ1n) is 10.8. The van der Waals surface area contributed by atoms with Crippen LogP contribution in [0.4, 0.5) is 13.2 Å². The van der Waals surface area contributed by atoms with Crippen LogP contribution in [0.3, 0.4) is 0 Å². The fraction of sp³-hybridized carbons (Fsp3) is 0.348. The zero-order chi connectivity index (χ0) is 24.3. The van der Waals surface area contributed by atoms with Crippen molar-refractivity contribution in [2.75, 3.05) is 19.6 Å². The number of carbonyl (C=O) groups excluding carboxylic acids is 1. The number of pyridine rings is 1. The van der Waals surface area contributed by atoms with E-state index in [4.69, 9.17) is 19.6 Å². The number of nitrogens with zero attached hydrogens (tertiary/aromatic N) is 1. The number of hydrogen-bond acceptors (Lipinski definition) is 5. The van der Waals surface area contributed by atoms with Crippen LogP contribution in [0.2, 0.25) is 0 Å². The molecule has 0 spiro atoms. The molecule has 8 nitrogen and oxygen atoms in total. The standard InChI is InChI=1S/C21H22N4O2.C2HF3O2/c26-21-16-11-18(24-17(16)8-10-23-21)15-5-1-3-13-6-7-19(25-20(13)15)27-14-4-2-9-22-12-14;3-2(4,5)1(6)7/h1,3,5-7,11,14,22,24H,2,4,8-10,12H2,(H,23,26);(H,6,7)/t14-;/m0./s1. The number of aliphatic carboxylic acids is 1. The van der Waals surface area contributed by atoms with Gasteiger partial charge < -0.3 is 25.5 Å². The third-order valence-electron chi connectivity index (χ3n) is 5.57. The molecule has 2 aliphatic rings. The van der Waals surface area contributed by atoms with Gasteiger partial charge in [0.25, 0.3) is 5.91 Å². The third-order valence-corrected chi connectivity index (χ3v) is 5.57. The Morgan fingerprint density at radius 3 is 2.62 bits per heavy atom. The summed E-state index contributed by atoms with van der Waals surface area (Å²) < 4.78 is 37.8. The number of fused-ring (bicyclic) bond motifs is 2. The predicted octanol–water partition coefficient (Wildman–Crippen LogP) is 3.28. The van der Waals surface area contributed by atoms with Crippen molar-refractivity contribution in [1.29, 1.82) is 0 Å². The van der Waals surface area contributed by atoms with Crippen LogP contribution in [0.15, 0.2) is 36.4 Å². The summed E-state index contributed by atoms with van der Waals surface area (Å²) in [5.41, 5.74) is 4.52. The first kappa shape index (κ1) is 23.6. The summed E-state index contributed by atoms with van der Waals surface area (Å²) in [6.07, 6.45) is -1.92. The Morgan fingerprint density at radius 2 is 1.94 bits per heavy atom. The number of hydrogen-bond donors (Lipinski definition) is 4. The second-order valence-electron chi connectivity index (χ2n) is 8.00. The van der Waals surface area contributed by atoms with Gasteiger partial charge in [-0.15, -0.1) is 0 Å². The molecule has 180 valence electrons. The highest BCUT2D eigenvalue weighted by atomic mass is 19.4. The van der Waals surface area contributed by atoms with Crippen LogP contribution >= 0.6 is 0 Å². The van der Waals surface area contributed by atoms with E-state index in [1.807, 2.05) is 36.4 Å². The minimum atomic E-state index is -5.08. The van der Waals surface area contributed by atoms with Gasteiger partial charge in [0, 0.05) is 47.9 Å². The number of ether oxygens (including phenoxy) is 1. The molecule has 1 fully saturated rings. The van der Waals surface area contributed by atoms with Crippen molar-refractivity contribution in [3.63, 3.8) is 0 Å². The highest BCUT2D eigenvalue weighted by molar-refractivity contribution is 6.00. The van der Waals surface area contributed by atoms with Crippen LogP contribution < -0.4 is 15.4 Å². The van der Waals surface area contributed by atoms with E-state index in [-0.39, 0.29) is 12.0 Å². The Bertz CT molecular complexity index is 1200. The lowest BCUT2D eigenvalue weighted by molar-refractivity contribution is -0.192. The van der Waals surface area contributed by atoms with E-state index in [0.29, 0.717) is 12.4 Å². The van der Waals surface area contributed by atoms with Crippen molar-refractivity contribution < 1.29 is 32.6 Å². The molecule has 4 heterocycles. The maximum Gasteiger partial charge on any atom is 0.490 e. The summed E-state index contributed by atoms with van der Waals surface area (Å²) in [6.45, 7) is 2.59. The van der Waals surface area contributed by atoms with Gasteiger partial charge in [-0.2, -0.15) is 13.2 Å². The van der Waals surface area contributed by atoms with Crippen LogP contribution in [-0.2, 0) is 11.2 Å². The Morgan fingerprint density at radius 1 is 1.15 bits per heavy atom. The number of aromatic amines is 1. The molecule has 0 saturated carbocycles. The van der Waals surface area contributed by atoms with Crippen molar-refractivity contribution in [1.82, 2.24) is 20.6 Å². The maximum atomic E-state index is 12.1. The second-order valence-corrected chi connectivity index (χ2v) is 8.00. The lowest BCUT2D eigenvalue weighted by Crippen LogP contribution is -2.37.